The van der Waals surface area contributed by atoms with E-state index in [1.165, 1.54) is 16.8 Å². The minimum atomic E-state index is 0.585. The highest BCUT2D eigenvalue weighted by atomic mass is 15.1. The van der Waals surface area contributed by atoms with E-state index in [2.05, 4.69) is 79.6 Å². The van der Waals surface area contributed by atoms with Crippen LogP contribution in [0.1, 0.15) is 30.9 Å². The van der Waals surface area contributed by atoms with Crippen LogP contribution in [-0.2, 0) is 6.54 Å². The lowest BCUT2D eigenvalue weighted by Crippen LogP contribution is -2.16. The third kappa shape index (κ3) is 3.53. The molecular formula is C18H24N2. The number of nitrogens with zero attached hydrogens (tertiary/aromatic N) is 1. The van der Waals surface area contributed by atoms with Crippen LogP contribution < -0.4 is 10.2 Å². The van der Waals surface area contributed by atoms with Crippen molar-refractivity contribution in [2.45, 2.75) is 26.3 Å². The first-order chi connectivity index (χ1) is 9.60. The summed E-state index contributed by atoms with van der Waals surface area (Å²) in [4.78, 5) is 2.28. The monoisotopic (exact) mass is 268 g/mol. The summed E-state index contributed by atoms with van der Waals surface area (Å²) in [5.74, 6) is 0.585. The normalized spacial score (nSPS) is 10.7. The predicted octanol–water partition coefficient (Wildman–Crippen LogP) is 4.49. The van der Waals surface area contributed by atoms with Gasteiger partial charge in [0, 0.05) is 32.0 Å². The van der Waals surface area contributed by atoms with Crippen LogP contribution in [0.2, 0.25) is 0 Å². The Morgan fingerprint density at radius 2 is 1.75 bits per heavy atom. The van der Waals surface area contributed by atoms with Crippen LogP contribution in [0.5, 0.6) is 0 Å². The van der Waals surface area contributed by atoms with Crippen LogP contribution in [0.4, 0.5) is 11.4 Å². The fourth-order valence-corrected chi connectivity index (χ4v) is 2.30. The Labute approximate surface area is 122 Å². The van der Waals surface area contributed by atoms with Gasteiger partial charge in [0.25, 0.3) is 0 Å². The Morgan fingerprint density at radius 1 is 1.05 bits per heavy atom. The Bertz CT molecular complexity index is 544. The molecule has 0 aliphatic carbocycles. The number of anilines is 2. The van der Waals surface area contributed by atoms with Crippen molar-refractivity contribution in [2.75, 3.05) is 24.3 Å². The second-order valence-electron chi connectivity index (χ2n) is 5.55. The number of hydrogen-bond acceptors (Lipinski definition) is 2. The van der Waals surface area contributed by atoms with Gasteiger partial charge in [-0.2, -0.15) is 0 Å². The summed E-state index contributed by atoms with van der Waals surface area (Å²) in [7, 11) is 4.09. The molecule has 0 saturated carbocycles. The third-order valence-electron chi connectivity index (χ3n) is 3.64. The van der Waals surface area contributed by atoms with Crippen molar-refractivity contribution in [1.29, 1.82) is 0 Å². The molecule has 2 rings (SSSR count). The highest BCUT2D eigenvalue weighted by molar-refractivity contribution is 5.50. The lowest BCUT2D eigenvalue weighted by atomic mass is 10.0. The number of hydrogen-bond donors (Lipinski definition) is 1. The number of benzene rings is 2. The quantitative estimate of drug-likeness (QED) is 0.859. The molecule has 0 aliphatic heterocycles. The fraction of sp³-hybridized carbons (Fsp3) is 0.333. The van der Waals surface area contributed by atoms with E-state index in [-0.39, 0.29) is 0 Å². The molecule has 2 heteroatoms. The lowest BCUT2D eigenvalue weighted by Gasteiger charge is -2.20. The molecular weight excluding hydrogens is 244 g/mol. The van der Waals surface area contributed by atoms with E-state index in [1.54, 1.807) is 0 Å². The first-order valence-corrected chi connectivity index (χ1v) is 7.18. The molecule has 0 aromatic heterocycles. The van der Waals surface area contributed by atoms with Gasteiger partial charge < -0.3 is 10.2 Å². The standard InChI is InChI=1S/C18H24N2/c1-14(2)16-8-10-18(11-9-16)20(4)13-15-6-5-7-17(12-15)19-3/h5-12,14,19H,13H2,1-4H3. The Hall–Kier alpha value is -1.96. The summed E-state index contributed by atoms with van der Waals surface area (Å²) in [5.41, 5.74) is 5.11. The maximum Gasteiger partial charge on any atom is 0.0426 e. The highest BCUT2D eigenvalue weighted by Gasteiger charge is 2.04. The molecule has 0 aliphatic rings. The molecule has 0 bridgehead atoms. The Kier molecular flexibility index (Phi) is 4.67. The van der Waals surface area contributed by atoms with Gasteiger partial charge in [-0.3, -0.25) is 0 Å². The first-order valence-electron chi connectivity index (χ1n) is 7.18. The van der Waals surface area contributed by atoms with Crippen LogP contribution >= 0.6 is 0 Å². The van der Waals surface area contributed by atoms with Crippen molar-refractivity contribution in [1.82, 2.24) is 0 Å². The summed E-state index contributed by atoms with van der Waals surface area (Å²) in [5, 5.41) is 3.18. The van der Waals surface area contributed by atoms with E-state index >= 15 is 0 Å². The molecule has 0 unspecified atom stereocenters. The summed E-state index contributed by atoms with van der Waals surface area (Å²) in [6.07, 6.45) is 0. The third-order valence-corrected chi connectivity index (χ3v) is 3.64. The largest absolute Gasteiger partial charge is 0.388 e. The molecule has 0 heterocycles. The Balaban J connectivity index is 2.08. The topological polar surface area (TPSA) is 15.3 Å². The van der Waals surface area contributed by atoms with Gasteiger partial charge in [-0.05, 0) is 41.3 Å². The summed E-state index contributed by atoms with van der Waals surface area (Å²) in [6, 6.07) is 17.4. The molecule has 2 nitrogen and oxygen atoms in total. The number of nitrogens with one attached hydrogen (secondary N) is 1. The van der Waals surface area contributed by atoms with E-state index in [9.17, 15) is 0 Å². The summed E-state index contributed by atoms with van der Waals surface area (Å²) >= 11 is 0. The van der Waals surface area contributed by atoms with Gasteiger partial charge >= 0.3 is 0 Å². The van der Waals surface area contributed by atoms with E-state index in [4.69, 9.17) is 0 Å². The van der Waals surface area contributed by atoms with Gasteiger partial charge in [0.15, 0.2) is 0 Å². The van der Waals surface area contributed by atoms with E-state index in [0.717, 1.165) is 12.2 Å². The van der Waals surface area contributed by atoms with Crippen molar-refractivity contribution < 1.29 is 0 Å². The van der Waals surface area contributed by atoms with Gasteiger partial charge in [0.05, 0.1) is 0 Å². The molecule has 2 aromatic carbocycles. The highest BCUT2D eigenvalue weighted by Crippen LogP contribution is 2.21. The SMILES string of the molecule is CNc1cccc(CN(C)c2ccc(C(C)C)cc2)c1. The van der Waals surface area contributed by atoms with E-state index in [1.807, 2.05) is 7.05 Å². The van der Waals surface area contributed by atoms with Crippen molar-refractivity contribution in [2.24, 2.45) is 0 Å². The van der Waals surface area contributed by atoms with Crippen LogP contribution in [0.15, 0.2) is 48.5 Å². The van der Waals surface area contributed by atoms with Crippen LogP contribution in [0, 0.1) is 0 Å². The summed E-state index contributed by atoms with van der Waals surface area (Å²) < 4.78 is 0. The van der Waals surface area contributed by atoms with Crippen molar-refractivity contribution in [3.05, 3.63) is 59.7 Å². The van der Waals surface area contributed by atoms with Gasteiger partial charge in [-0.25, -0.2) is 0 Å². The zero-order chi connectivity index (χ0) is 14.5. The minimum absolute atomic E-state index is 0.585. The zero-order valence-corrected chi connectivity index (χ0v) is 12.9. The van der Waals surface area contributed by atoms with Crippen LogP contribution in [-0.4, -0.2) is 14.1 Å². The molecule has 20 heavy (non-hydrogen) atoms. The first kappa shape index (κ1) is 14.4. The molecule has 0 amide bonds. The molecule has 1 N–H and O–H groups in total. The molecule has 106 valence electrons. The maximum atomic E-state index is 3.18. The molecule has 0 radical (unpaired) electrons. The second-order valence-corrected chi connectivity index (χ2v) is 5.55. The number of rotatable bonds is 5. The maximum absolute atomic E-state index is 3.18. The molecule has 0 fully saturated rings. The Morgan fingerprint density at radius 3 is 2.35 bits per heavy atom. The van der Waals surface area contributed by atoms with E-state index < -0.39 is 0 Å². The van der Waals surface area contributed by atoms with Crippen molar-refractivity contribution in [3.8, 4) is 0 Å². The smallest absolute Gasteiger partial charge is 0.0426 e. The van der Waals surface area contributed by atoms with Crippen molar-refractivity contribution >= 4 is 11.4 Å². The van der Waals surface area contributed by atoms with E-state index in [0.29, 0.717) is 5.92 Å². The second kappa shape index (κ2) is 6.47. The predicted molar refractivity (Wildman–Crippen MR) is 88.6 cm³/mol. The molecule has 0 atom stereocenters. The van der Waals surface area contributed by atoms with Crippen LogP contribution in [0.3, 0.4) is 0 Å². The lowest BCUT2D eigenvalue weighted by molar-refractivity contribution is 0.863. The fourth-order valence-electron chi connectivity index (χ4n) is 2.30. The van der Waals surface area contributed by atoms with Gasteiger partial charge in [-0.15, -0.1) is 0 Å². The molecule has 0 saturated heterocycles. The average molecular weight is 268 g/mol. The zero-order valence-electron chi connectivity index (χ0n) is 12.9. The van der Waals surface area contributed by atoms with Gasteiger partial charge in [0.1, 0.15) is 0 Å². The van der Waals surface area contributed by atoms with Crippen molar-refractivity contribution in [3.63, 3.8) is 0 Å². The molecule has 2 aromatic rings. The van der Waals surface area contributed by atoms with Gasteiger partial charge in [-0.1, -0.05) is 38.1 Å². The molecule has 0 spiro atoms. The average Bonchev–Trinajstić information content (AvgIpc) is 2.47. The minimum Gasteiger partial charge on any atom is -0.388 e. The van der Waals surface area contributed by atoms with Gasteiger partial charge in [0.2, 0.25) is 0 Å². The van der Waals surface area contributed by atoms with Crippen LogP contribution in [0.25, 0.3) is 0 Å². The summed E-state index contributed by atoms with van der Waals surface area (Å²) in [6.45, 7) is 5.36.